The molecule has 1 aliphatic rings. The summed E-state index contributed by atoms with van der Waals surface area (Å²) in [6.45, 7) is 3.45. The Morgan fingerprint density at radius 2 is 1.38 bits per heavy atom. The number of hydrogen-bond donors (Lipinski definition) is 4. The topological polar surface area (TPSA) is 134 Å². The van der Waals surface area contributed by atoms with Crippen LogP contribution in [-0.4, -0.2) is 59.4 Å². The Bertz CT molecular complexity index is 827. The normalized spacial score (nSPS) is 16.7. The predicted octanol–water partition coefficient (Wildman–Crippen LogP) is 1.07. The highest BCUT2D eigenvalue weighted by Crippen LogP contribution is 2.07. The summed E-state index contributed by atoms with van der Waals surface area (Å²) in [4.78, 5) is 34.0. The Morgan fingerprint density at radius 3 is 1.76 bits per heavy atom. The number of carbonyl (C=O) groups excluding carboxylic acids is 3. The summed E-state index contributed by atoms with van der Waals surface area (Å²) in [5.41, 5.74) is 1.44. The standard InChI is InChI=1S/C18H18O6.C7H14N2O/c19-15(17(21)23-11-13-7-3-1-4-8-13)16(20)18(22)24-12-14-9-5-2-6-10-14;1-6(10)9-7-3-2-4-8-5-7/h1-10,15-16,19-20H,11-12H2;7-8H,2-5H2,1H3,(H,9,10)/t;7-/m.1/s1. The lowest BCUT2D eigenvalue weighted by molar-refractivity contribution is -0.174. The monoisotopic (exact) mass is 472 g/mol. The molecule has 2 aromatic carbocycles. The smallest absolute Gasteiger partial charge is 0.338 e. The number of hydrogen-bond acceptors (Lipinski definition) is 8. The van der Waals surface area contributed by atoms with Gasteiger partial charge in [-0.15, -0.1) is 0 Å². The van der Waals surface area contributed by atoms with E-state index in [0.29, 0.717) is 6.04 Å². The Hall–Kier alpha value is -3.27. The van der Waals surface area contributed by atoms with Crippen molar-refractivity contribution in [2.45, 2.75) is 51.2 Å². The maximum atomic E-state index is 11.7. The van der Waals surface area contributed by atoms with E-state index in [2.05, 4.69) is 10.6 Å². The molecule has 184 valence electrons. The van der Waals surface area contributed by atoms with E-state index >= 15 is 0 Å². The van der Waals surface area contributed by atoms with Crippen molar-refractivity contribution in [2.24, 2.45) is 0 Å². The summed E-state index contributed by atoms with van der Waals surface area (Å²) in [7, 11) is 0. The van der Waals surface area contributed by atoms with Crippen LogP contribution in [0.4, 0.5) is 0 Å². The van der Waals surface area contributed by atoms with Gasteiger partial charge >= 0.3 is 11.9 Å². The molecule has 0 spiro atoms. The highest BCUT2D eigenvalue weighted by Gasteiger charge is 2.33. The maximum absolute atomic E-state index is 11.7. The quantitative estimate of drug-likeness (QED) is 0.419. The van der Waals surface area contributed by atoms with Crippen LogP contribution in [0.1, 0.15) is 30.9 Å². The molecule has 9 nitrogen and oxygen atoms in total. The van der Waals surface area contributed by atoms with Crippen LogP contribution in [-0.2, 0) is 37.1 Å². The van der Waals surface area contributed by atoms with E-state index in [9.17, 15) is 24.6 Å². The number of nitrogens with one attached hydrogen (secondary N) is 2. The molecule has 2 aromatic rings. The third kappa shape index (κ3) is 10.1. The lowest BCUT2D eigenvalue weighted by atomic mass is 10.1. The van der Waals surface area contributed by atoms with Gasteiger partial charge in [0.15, 0.2) is 12.2 Å². The number of carbonyl (C=O) groups is 3. The van der Waals surface area contributed by atoms with Gasteiger partial charge in [0.25, 0.3) is 0 Å². The Balaban J connectivity index is 0.000000340. The van der Waals surface area contributed by atoms with Crippen LogP contribution in [0.5, 0.6) is 0 Å². The van der Waals surface area contributed by atoms with Gasteiger partial charge in [-0.25, -0.2) is 9.59 Å². The Morgan fingerprint density at radius 1 is 0.912 bits per heavy atom. The van der Waals surface area contributed by atoms with Crippen molar-refractivity contribution in [1.29, 1.82) is 0 Å². The zero-order chi connectivity index (χ0) is 24.8. The molecule has 4 N–H and O–H groups in total. The van der Waals surface area contributed by atoms with Crippen LogP contribution in [0.2, 0.25) is 0 Å². The molecule has 1 saturated heterocycles. The highest BCUT2D eigenvalue weighted by molar-refractivity contribution is 5.85. The number of rotatable bonds is 8. The summed E-state index contributed by atoms with van der Waals surface area (Å²) < 4.78 is 9.73. The van der Waals surface area contributed by atoms with Gasteiger partial charge in [-0.2, -0.15) is 0 Å². The molecular weight excluding hydrogens is 440 g/mol. The van der Waals surface area contributed by atoms with E-state index < -0.39 is 24.1 Å². The first-order chi connectivity index (χ1) is 16.4. The molecule has 0 bridgehead atoms. The molecule has 0 radical (unpaired) electrons. The van der Waals surface area contributed by atoms with E-state index in [4.69, 9.17) is 9.47 Å². The Labute approximate surface area is 199 Å². The number of esters is 2. The van der Waals surface area contributed by atoms with E-state index in [-0.39, 0.29) is 19.1 Å². The largest absolute Gasteiger partial charge is 0.459 e. The summed E-state index contributed by atoms with van der Waals surface area (Å²) in [5, 5.41) is 25.5. The van der Waals surface area contributed by atoms with Gasteiger partial charge < -0.3 is 30.3 Å². The van der Waals surface area contributed by atoms with Gasteiger partial charge in [0.1, 0.15) is 13.2 Å². The molecule has 1 fully saturated rings. The molecule has 0 aromatic heterocycles. The van der Waals surface area contributed by atoms with Gasteiger partial charge in [-0.05, 0) is 30.5 Å². The van der Waals surface area contributed by atoms with Crippen molar-refractivity contribution < 1.29 is 34.1 Å². The minimum absolute atomic E-state index is 0.0669. The van der Waals surface area contributed by atoms with Crippen molar-refractivity contribution in [3.05, 3.63) is 71.8 Å². The second-order valence-electron chi connectivity index (χ2n) is 7.82. The summed E-state index contributed by atoms with van der Waals surface area (Å²) >= 11 is 0. The van der Waals surface area contributed by atoms with Crippen molar-refractivity contribution in [3.63, 3.8) is 0 Å². The molecule has 3 rings (SSSR count). The summed E-state index contributed by atoms with van der Waals surface area (Å²) in [6, 6.07) is 18.0. The minimum atomic E-state index is -2.00. The number of amides is 1. The molecule has 9 heteroatoms. The number of aliphatic hydroxyl groups excluding tert-OH is 2. The average molecular weight is 473 g/mol. The van der Waals surface area contributed by atoms with Crippen LogP contribution in [0.25, 0.3) is 0 Å². The Kier molecular flexibility index (Phi) is 11.7. The number of piperidine rings is 1. The SMILES string of the molecule is CC(=O)N[C@@H]1CCCNC1.O=C(OCc1ccccc1)C(O)C(O)C(=O)OCc1ccccc1. The minimum Gasteiger partial charge on any atom is -0.459 e. The van der Waals surface area contributed by atoms with Gasteiger partial charge in [-0.3, -0.25) is 4.79 Å². The van der Waals surface area contributed by atoms with Crippen molar-refractivity contribution in [3.8, 4) is 0 Å². The van der Waals surface area contributed by atoms with Gasteiger partial charge in [-0.1, -0.05) is 60.7 Å². The van der Waals surface area contributed by atoms with E-state index in [1.807, 2.05) is 12.1 Å². The van der Waals surface area contributed by atoms with Crippen LogP contribution in [0.3, 0.4) is 0 Å². The maximum Gasteiger partial charge on any atom is 0.338 e. The average Bonchev–Trinajstić information content (AvgIpc) is 2.86. The van der Waals surface area contributed by atoms with Crippen molar-refractivity contribution in [2.75, 3.05) is 13.1 Å². The van der Waals surface area contributed by atoms with Gasteiger partial charge in [0.2, 0.25) is 5.91 Å². The first-order valence-corrected chi connectivity index (χ1v) is 11.1. The van der Waals surface area contributed by atoms with Crippen LogP contribution in [0.15, 0.2) is 60.7 Å². The molecule has 34 heavy (non-hydrogen) atoms. The molecule has 3 atom stereocenters. The van der Waals surface area contributed by atoms with Crippen molar-refractivity contribution in [1.82, 2.24) is 10.6 Å². The summed E-state index contributed by atoms with van der Waals surface area (Å²) in [5.74, 6) is -2.11. The van der Waals surface area contributed by atoms with E-state index in [1.54, 1.807) is 55.5 Å². The van der Waals surface area contributed by atoms with Gasteiger partial charge in [0.05, 0.1) is 0 Å². The van der Waals surface area contributed by atoms with Crippen LogP contribution in [0, 0.1) is 0 Å². The molecule has 1 aliphatic heterocycles. The fourth-order valence-electron chi connectivity index (χ4n) is 3.15. The second kappa shape index (κ2) is 14.8. The van der Waals surface area contributed by atoms with Crippen LogP contribution >= 0.6 is 0 Å². The molecule has 1 heterocycles. The molecule has 0 aliphatic carbocycles. The van der Waals surface area contributed by atoms with Crippen LogP contribution < -0.4 is 10.6 Å². The third-order valence-corrected chi connectivity index (χ3v) is 4.93. The molecular formula is C25H32N2O7. The van der Waals surface area contributed by atoms with Gasteiger partial charge in [0, 0.05) is 19.5 Å². The number of aliphatic hydroxyl groups is 2. The lowest BCUT2D eigenvalue weighted by Crippen LogP contribution is -2.44. The third-order valence-electron chi connectivity index (χ3n) is 4.93. The molecule has 0 saturated carbocycles. The zero-order valence-electron chi connectivity index (χ0n) is 19.2. The molecule has 2 unspecified atom stereocenters. The molecule has 1 amide bonds. The predicted molar refractivity (Wildman–Crippen MR) is 124 cm³/mol. The lowest BCUT2D eigenvalue weighted by Gasteiger charge is -2.22. The van der Waals surface area contributed by atoms with Crippen molar-refractivity contribution >= 4 is 17.8 Å². The fourth-order valence-corrected chi connectivity index (χ4v) is 3.15. The highest BCUT2D eigenvalue weighted by atomic mass is 16.6. The fraction of sp³-hybridized carbons (Fsp3) is 0.400. The van der Waals surface area contributed by atoms with E-state index in [1.165, 1.54) is 6.42 Å². The summed E-state index contributed by atoms with van der Waals surface area (Å²) in [6.07, 6.45) is -1.72. The number of benzene rings is 2. The van der Waals surface area contributed by atoms with E-state index in [0.717, 1.165) is 30.6 Å². The zero-order valence-corrected chi connectivity index (χ0v) is 19.2. The second-order valence-corrected chi connectivity index (χ2v) is 7.82. The first-order valence-electron chi connectivity index (χ1n) is 11.1. The number of ether oxygens (including phenoxy) is 2. The first kappa shape index (κ1) is 27.0.